The molecule has 1 rings (SSSR count). The molecule has 0 atom stereocenters. The van der Waals surface area contributed by atoms with Gasteiger partial charge in [0.25, 0.3) is 0 Å². The summed E-state index contributed by atoms with van der Waals surface area (Å²) >= 11 is 0. The molecule has 1 aromatic carbocycles. The number of rotatable bonds is 2. The van der Waals surface area contributed by atoms with Crippen LogP contribution >= 0.6 is 0 Å². The topological polar surface area (TPSA) is 49.7 Å². The van der Waals surface area contributed by atoms with E-state index in [1.54, 1.807) is 24.3 Å². The fourth-order valence-electron chi connectivity index (χ4n) is 0.776. The second-order valence-corrected chi connectivity index (χ2v) is 2.09. The number of isocyanates is 1. The number of aliphatic imine (C=N–C) groups is 1. The van der Waals surface area contributed by atoms with Crippen LogP contribution < -0.4 is 0 Å². The van der Waals surface area contributed by atoms with Gasteiger partial charge in [-0.1, -0.05) is 18.2 Å². The first-order chi connectivity index (χ1) is 5.84. The zero-order chi connectivity index (χ0) is 8.81. The number of hydrogen-bond donors (Lipinski definition) is 1. The van der Waals surface area contributed by atoms with Crippen LogP contribution in [0, 0.1) is 0 Å². The van der Waals surface area contributed by atoms with Crippen LogP contribution in [0.2, 0.25) is 0 Å². The van der Waals surface area contributed by atoms with E-state index in [0.29, 0.717) is 5.56 Å². The molecule has 0 aliphatic heterocycles. The third-order valence-electron chi connectivity index (χ3n) is 1.32. The van der Waals surface area contributed by atoms with Crippen LogP contribution in [0.4, 0.5) is 0 Å². The van der Waals surface area contributed by atoms with E-state index in [4.69, 9.17) is 0 Å². The molecule has 3 heteroatoms. The van der Waals surface area contributed by atoms with Crippen LogP contribution in [-0.4, -0.2) is 11.2 Å². The molecule has 1 aromatic rings. The molecule has 0 aliphatic carbocycles. The molecule has 0 heterocycles. The maximum atomic E-state index is 9.67. The molecule has 0 bridgehead atoms. The van der Waals surface area contributed by atoms with Gasteiger partial charge in [0.15, 0.2) is 0 Å². The number of phenolic OH excluding ortho intramolecular Hbond substituents is 1. The maximum Gasteiger partial charge on any atom is 0.239 e. The molecule has 0 saturated heterocycles. The molecule has 0 radical (unpaired) electrons. The van der Waals surface area contributed by atoms with Gasteiger partial charge in [-0.3, -0.25) is 0 Å². The van der Waals surface area contributed by atoms with Crippen LogP contribution in [0.15, 0.2) is 35.5 Å². The smallest absolute Gasteiger partial charge is 0.239 e. The number of benzene rings is 1. The summed E-state index contributed by atoms with van der Waals surface area (Å²) in [7, 11) is 0. The van der Waals surface area contributed by atoms with Gasteiger partial charge >= 0.3 is 0 Å². The number of phenols is 1. The Morgan fingerprint density at radius 1 is 1.42 bits per heavy atom. The monoisotopic (exact) mass is 161 g/mol. The third-order valence-corrected chi connectivity index (χ3v) is 1.32. The maximum absolute atomic E-state index is 9.67. The van der Waals surface area contributed by atoms with Crippen molar-refractivity contribution in [3.05, 3.63) is 36.0 Å². The summed E-state index contributed by atoms with van der Waals surface area (Å²) in [6.07, 6.45) is 4.17. The predicted octanol–water partition coefficient (Wildman–Crippen LogP) is 1.70. The Balaban J connectivity index is 2.89. The Kier molecular flexibility index (Phi) is 2.82. The highest BCUT2D eigenvalue weighted by atomic mass is 16.3. The molecule has 3 nitrogen and oxygen atoms in total. The lowest BCUT2D eigenvalue weighted by atomic mass is 10.2. The third kappa shape index (κ3) is 2.08. The van der Waals surface area contributed by atoms with Crippen LogP contribution in [0.5, 0.6) is 5.75 Å². The van der Waals surface area contributed by atoms with Crippen molar-refractivity contribution in [3.63, 3.8) is 0 Å². The van der Waals surface area contributed by atoms with Crippen molar-refractivity contribution < 1.29 is 9.90 Å². The van der Waals surface area contributed by atoms with Gasteiger partial charge < -0.3 is 5.11 Å². The number of para-hydroxylation sites is 1. The van der Waals surface area contributed by atoms with E-state index in [-0.39, 0.29) is 5.75 Å². The van der Waals surface area contributed by atoms with Crippen molar-refractivity contribution in [2.75, 3.05) is 0 Å². The Hall–Kier alpha value is -1.86. The molecule has 0 unspecified atom stereocenters. The van der Waals surface area contributed by atoms with Crippen LogP contribution in [-0.2, 0) is 4.79 Å². The Bertz CT molecular complexity index is 338. The minimum atomic E-state index is 0.162. The van der Waals surface area contributed by atoms with Gasteiger partial charge in [0, 0.05) is 11.8 Å². The first kappa shape index (κ1) is 8.24. The minimum Gasteiger partial charge on any atom is -0.507 e. The molecule has 0 saturated carbocycles. The van der Waals surface area contributed by atoms with Gasteiger partial charge in [0.05, 0.1) is 0 Å². The summed E-state index contributed by atoms with van der Waals surface area (Å²) in [6, 6.07) is 6.77. The van der Waals surface area contributed by atoms with E-state index in [9.17, 15) is 9.90 Å². The van der Waals surface area contributed by atoms with Gasteiger partial charge in [-0.05, 0) is 12.1 Å². The number of carbonyl (C=O) groups excluding carboxylic acids is 1. The Morgan fingerprint density at radius 3 is 2.83 bits per heavy atom. The normalized spacial score (nSPS) is 9.67. The van der Waals surface area contributed by atoms with E-state index in [2.05, 4.69) is 4.99 Å². The molecular formula is C9H7NO2. The SMILES string of the molecule is O=C=N/C=C\c1ccccc1O. The number of nitrogens with zero attached hydrogens (tertiary/aromatic N) is 1. The zero-order valence-corrected chi connectivity index (χ0v) is 6.27. The lowest BCUT2D eigenvalue weighted by Crippen LogP contribution is -1.71. The van der Waals surface area contributed by atoms with E-state index < -0.39 is 0 Å². The van der Waals surface area contributed by atoms with Crippen LogP contribution in [0.25, 0.3) is 6.08 Å². The van der Waals surface area contributed by atoms with E-state index in [1.165, 1.54) is 18.4 Å². The fraction of sp³-hybridized carbons (Fsp3) is 0. The van der Waals surface area contributed by atoms with Gasteiger partial charge in [0.1, 0.15) is 5.75 Å². The van der Waals surface area contributed by atoms with Crippen molar-refractivity contribution in [1.29, 1.82) is 0 Å². The standard InChI is InChI=1S/C9H7NO2/c11-7-10-6-5-8-3-1-2-4-9(8)12/h1-6,12H/b6-5-. The molecule has 60 valence electrons. The predicted molar refractivity (Wildman–Crippen MR) is 45.3 cm³/mol. The Labute approximate surface area is 69.7 Å². The number of hydrogen-bond acceptors (Lipinski definition) is 3. The van der Waals surface area contributed by atoms with Gasteiger partial charge in [0.2, 0.25) is 6.08 Å². The van der Waals surface area contributed by atoms with Crippen molar-refractivity contribution in [1.82, 2.24) is 0 Å². The second-order valence-electron chi connectivity index (χ2n) is 2.09. The largest absolute Gasteiger partial charge is 0.507 e. The molecule has 0 fully saturated rings. The van der Waals surface area contributed by atoms with Crippen molar-refractivity contribution >= 4 is 12.2 Å². The average molecular weight is 161 g/mol. The summed E-state index contributed by atoms with van der Waals surface area (Å²) in [5, 5.41) is 9.22. The first-order valence-corrected chi connectivity index (χ1v) is 3.36. The highest BCUT2D eigenvalue weighted by Crippen LogP contribution is 2.16. The fourth-order valence-corrected chi connectivity index (χ4v) is 0.776. The molecule has 0 aromatic heterocycles. The summed E-state index contributed by atoms with van der Waals surface area (Å²) in [4.78, 5) is 12.9. The highest BCUT2D eigenvalue weighted by Gasteiger charge is 1.91. The first-order valence-electron chi connectivity index (χ1n) is 3.36. The molecule has 12 heavy (non-hydrogen) atoms. The summed E-state index contributed by atoms with van der Waals surface area (Å²) < 4.78 is 0. The van der Waals surface area contributed by atoms with Gasteiger partial charge in [-0.15, -0.1) is 0 Å². The molecule has 0 amide bonds. The summed E-state index contributed by atoms with van der Waals surface area (Å²) in [6.45, 7) is 0. The zero-order valence-electron chi connectivity index (χ0n) is 6.27. The van der Waals surface area contributed by atoms with E-state index in [1.807, 2.05) is 0 Å². The summed E-state index contributed by atoms with van der Waals surface area (Å²) in [5.41, 5.74) is 0.622. The molecular weight excluding hydrogens is 154 g/mol. The quantitative estimate of drug-likeness (QED) is 0.530. The van der Waals surface area contributed by atoms with E-state index in [0.717, 1.165) is 0 Å². The lowest BCUT2D eigenvalue weighted by Gasteiger charge is -1.94. The van der Waals surface area contributed by atoms with Gasteiger partial charge in [-0.2, -0.15) is 4.99 Å². The van der Waals surface area contributed by atoms with E-state index >= 15 is 0 Å². The van der Waals surface area contributed by atoms with Crippen molar-refractivity contribution in [3.8, 4) is 5.75 Å². The van der Waals surface area contributed by atoms with Crippen LogP contribution in [0.3, 0.4) is 0 Å². The highest BCUT2D eigenvalue weighted by molar-refractivity contribution is 5.57. The van der Waals surface area contributed by atoms with Crippen molar-refractivity contribution in [2.45, 2.75) is 0 Å². The molecule has 0 aliphatic rings. The average Bonchev–Trinajstić information content (AvgIpc) is 2.09. The number of aromatic hydroxyl groups is 1. The second kappa shape index (κ2) is 4.11. The van der Waals surface area contributed by atoms with Crippen LogP contribution in [0.1, 0.15) is 5.56 Å². The van der Waals surface area contributed by atoms with Gasteiger partial charge in [-0.25, -0.2) is 4.79 Å². The molecule has 0 spiro atoms. The lowest BCUT2D eigenvalue weighted by molar-refractivity contribution is 0.474. The summed E-state index contributed by atoms with van der Waals surface area (Å²) in [5.74, 6) is 0.162. The Morgan fingerprint density at radius 2 is 2.17 bits per heavy atom. The minimum absolute atomic E-state index is 0.162. The van der Waals surface area contributed by atoms with Crippen molar-refractivity contribution in [2.24, 2.45) is 4.99 Å². The molecule has 1 N–H and O–H groups in total.